The second-order valence-electron chi connectivity index (χ2n) is 8.65. The maximum Gasteiger partial charge on any atom is 0.276 e. The molecule has 3 saturated heterocycles. The number of hydrogen-bond donors (Lipinski definition) is 2. The van der Waals surface area contributed by atoms with Crippen LogP contribution in [0, 0.1) is 18.8 Å². The van der Waals surface area contributed by atoms with Gasteiger partial charge in [0.1, 0.15) is 0 Å². The SMILES string of the molecule is Cc1ccc(S(=O)(=O)C2C[C@H]3C[C@@H]4CN(C(=O)c5cn[nH]n5)C[C@@H]4[C@H](C2)N3)cc1. The Kier molecular flexibility index (Phi) is 4.47. The van der Waals surface area contributed by atoms with Gasteiger partial charge in [-0.1, -0.05) is 17.7 Å². The van der Waals surface area contributed by atoms with Crippen molar-refractivity contribution in [1.82, 2.24) is 25.6 Å². The summed E-state index contributed by atoms with van der Waals surface area (Å²) in [7, 11) is -3.36. The number of aromatic nitrogens is 3. The molecule has 2 bridgehead atoms. The van der Waals surface area contributed by atoms with E-state index in [0.29, 0.717) is 42.4 Å². The van der Waals surface area contributed by atoms with E-state index in [9.17, 15) is 13.2 Å². The van der Waals surface area contributed by atoms with E-state index in [4.69, 9.17) is 0 Å². The van der Waals surface area contributed by atoms with E-state index in [2.05, 4.69) is 20.7 Å². The van der Waals surface area contributed by atoms with Crippen LogP contribution in [-0.4, -0.2) is 65.1 Å². The van der Waals surface area contributed by atoms with Crippen LogP contribution < -0.4 is 5.32 Å². The Morgan fingerprint density at radius 3 is 2.66 bits per heavy atom. The molecule has 8 nitrogen and oxygen atoms in total. The first kappa shape index (κ1) is 18.7. The molecular weight excluding hydrogens is 390 g/mol. The maximum absolute atomic E-state index is 13.2. The molecule has 0 aliphatic carbocycles. The van der Waals surface area contributed by atoms with Gasteiger partial charge in [0.05, 0.1) is 16.3 Å². The third-order valence-electron chi connectivity index (χ3n) is 6.82. The molecule has 154 valence electrons. The minimum absolute atomic E-state index is 0.105. The van der Waals surface area contributed by atoms with Crippen LogP contribution in [0.5, 0.6) is 0 Å². The van der Waals surface area contributed by atoms with Crippen molar-refractivity contribution in [2.75, 3.05) is 13.1 Å². The predicted molar refractivity (Wildman–Crippen MR) is 106 cm³/mol. The van der Waals surface area contributed by atoms with E-state index in [-0.39, 0.29) is 29.2 Å². The topological polar surface area (TPSA) is 108 Å². The molecule has 2 N–H and O–H groups in total. The second kappa shape index (κ2) is 6.91. The standard InChI is InChI=1S/C20H25N5O3S/c1-12-2-4-15(5-3-12)29(27,28)16-7-14-6-13-10-25(11-17(13)18(8-16)22-14)20(26)19-9-21-24-23-19/h2-5,9,13-14,16-18,22H,6-8,10-11H2,1H3,(H,21,23,24)/t13-,14-,16?,17+,18+/m1/s1. The van der Waals surface area contributed by atoms with Gasteiger partial charge in [-0.15, -0.1) is 0 Å². The van der Waals surface area contributed by atoms with Gasteiger partial charge >= 0.3 is 0 Å². The summed E-state index contributed by atoms with van der Waals surface area (Å²) in [4.78, 5) is 14.9. The molecule has 5 atom stereocenters. The molecule has 0 radical (unpaired) electrons. The van der Waals surface area contributed by atoms with Crippen molar-refractivity contribution in [1.29, 1.82) is 0 Å². The van der Waals surface area contributed by atoms with E-state index in [1.807, 2.05) is 24.0 Å². The van der Waals surface area contributed by atoms with Crippen molar-refractivity contribution in [3.63, 3.8) is 0 Å². The first-order valence-electron chi connectivity index (χ1n) is 10.1. The summed E-state index contributed by atoms with van der Waals surface area (Å²) in [5.41, 5.74) is 1.39. The van der Waals surface area contributed by atoms with Crippen molar-refractivity contribution < 1.29 is 13.2 Å². The predicted octanol–water partition coefficient (Wildman–Crippen LogP) is 1.17. The normalized spacial score (nSPS) is 31.5. The molecule has 3 aliphatic heterocycles. The van der Waals surface area contributed by atoms with Gasteiger partial charge in [0, 0.05) is 25.2 Å². The lowest BCUT2D eigenvalue weighted by Gasteiger charge is -2.45. The number of aryl methyl sites for hydroxylation is 1. The van der Waals surface area contributed by atoms with Crippen LogP contribution in [0.2, 0.25) is 0 Å². The number of sulfone groups is 1. The number of likely N-dealkylation sites (tertiary alicyclic amines) is 1. The number of carbonyl (C=O) groups is 1. The lowest BCUT2D eigenvalue weighted by molar-refractivity contribution is 0.0777. The van der Waals surface area contributed by atoms with Crippen molar-refractivity contribution in [2.24, 2.45) is 11.8 Å². The minimum atomic E-state index is -3.36. The fourth-order valence-electron chi connectivity index (χ4n) is 5.37. The number of benzene rings is 1. The zero-order chi connectivity index (χ0) is 20.2. The highest BCUT2D eigenvalue weighted by molar-refractivity contribution is 7.92. The van der Waals surface area contributed by atoms with Gasteiger partial charge in [-0.05, 0) is 50.2 Å². The summed E-state index contributed by atoms with van der Waals surface area (Å²) in [6.07, 6.45) is 3.59. The van der Waals surface area contributed by atoms with E-state index in [1.54, 1.807) is 12.1 Å². The molecule has 1 aromatic carbocycles. The molecule has 3 aliphatic rings. The van der Waals surface area contributed by atoms with Crippen LogP contribution in [0.15, 0.2) is 35.4 Å². The fourth-order valence-corrected chi connectivity index (χ4v) is 7.22. The second-order valence-corrected chi connectivity index (χ2v) is 10.9. The number of fused-ring (bicyclic) bond motifs is 4. The van der Waals surface area contributed by atoms with Crippen LogP contribution in [0.25, 0.3) is 0 Å². The van der Waals surface area contributed by atoms with Crippen LogP contribution in [0.3, 0.4) is 0 Å². The third-order valence-corrected chi connectivity index (χ3v) is 9.01. The molecule has 1 aromatic heterocycles. The number of nitrogens with one attached hydrogen (secondary N) is 2. The fraction of sp³-hybridized carbons (Fsp3) is 0.550. The van der Waals surface area contributed by atoms with Crippen LogP contribution in [-0.2, 0) is 9.84 Å². The smallest absolute Gasteiger partial charge is 0.276 e. The van der Waals surface area contributed by atoms with E-state index in [1.165, 1.54) is 6.20 Å². The number of hydrogen-bond acceptors (Lipinski definition) is 6. The lowest BCUT2D eigenvalue weighted by Crippen LogP contribution is -2.58. The molecule has 4 heterocycles. The molecule has 1 amide bonds. The molecule has 1 unspecified atom stereocenters. The largest absolute Gasteiger partial charge is 0.337 e. The summed E-state index contributed by atoms with van der Waals surface area (Å²) in [5, 5.41) is 13.4. The Balaban J connectivity index is 1.34. The van der Waals surface area contributed by atoms with Gasteiger partial charge in [-0.25, -0.2) is 8.42 Å². The highest BCUT2D eigenvalue weighted by atomic mass is 32.2. The number of rotatable bonds is 3. The Morgan fingerprint density at radius 1 is 1.14 bits per heavy atom. The summed E-state index contributed by atoms with van der Waals surface area (Å²) in [5.74, 6) is 0.578. The quantitative estimate of drug-likeness (QED) is 0.779. The van der Waals surface area contributed by atoms with Crippen molar-refractivity contribution in [3.8, 4) is 0 Å². The van der Waals surface area contributed by atoms with Gasteiger partial charge in [-0.3, -0.25) is 4.79 Å². The lowest BCUT2D eigenvalue weighted by atomic mass is 9.74. The Hall–Kier alpha value is -2.26. The van der Waals surface area contributed by atoms with Gasteiger partial charge < -0.3 is 10.2 Å². The van der Waals surface area contributed by atoms with Crippen molar-refractivity contribution >= 4 is 15.7 Å². The summed E-state index contributed by atoms with van der Waals surface area (Å²) >= 11 is 0. The maximum atomic E-state index is 13.2. The van der Waals surface area contributed by atoms with Gasteiger partial charge in [0.15, 0.2) is 15.5 Å². The zero-order valence-electron chi connectivity index (χ0n) is 16.3. The molecule has 29 heavy (non-hydrogen) atoms. The molecule has 0 spiro atoms. The molecule has 2 aromatic rings. The van der Waals surface area contributed by atoms with Crippen molar-refractivity contribution in [2.45, 2.75) is 48.4 Å². The molecule has 9 heteroatoms. The first-order chi connectivity index (χ1) is 13.9. The first-order valence-corrected chi connectivity index (χ1v) is 11.7. The summed E-state index contributed by atoms with van der Waals surface area (Å²) in [6.45, 7) is 3.30. The average molecular weight is 416 g/mol. The third kappa shape index (κ3) is 3.26. The Morgan fingerprint density at radius 2 is 1.93 bits per heavy atom. The van der Waals surface area contributed by atoms with Crippen LogP contribution >= 0.6 is 0 Å². The Labute approximate surface area is 170 Å². The van der Waals surface area contributed by atoms with Gasteiger partial charge in [0.25, 0.3) is 5.91 Å². The number of aromatic amines is 1. The van der Waals surface area contributed by atoms with Crippen molar-refractivity contribution in [3.05, 3.63) is 41.7 Å². The highest BCUT2D eigenvalue weighted by Gasteiger charge is 2.49. The minimum Gasteiger partial charge on any atom is -0.337 e. The average Bonchev–Trinajstić information content (AvgIpc) is 3.38. The van der Waals surface area contributed by atoms with E-state index >= 15 is 0 Å². The number of piperidine rings is 2. The number of amides is 1. The molecular formula is C20H25N5O3S. The zero-order valence-corrected chi connectivity index (χ0v) is 17.1. The highest BCUT2D eigenvalue weighted by Crippen LogP contribution is 2.41. The number of carbonyl (C=O) groups excluding carboxylic acids is 1. The Bertz CT molecular complexity index is 1010. The van der Waals surface area contributed by atoms with Gasteiger partial charge in [0.2, 0.25) is 0 Å². The molecule has 5 rings (SSSR count). The summed E-state index contributed by atoms with van der Waals surface area (Å²) in [6, 6.07) is 7.46. The van der Waals surface area contributed by atoms with Crippen LogP contribution in [0.1, 0.15) is 35.3 Å². The van der Waals surface area contributed by atoms with E-state index in [0.717, 1.165) is 12.0 Å². The summed E-state index contributed by atoms with van der Waals surface area (Å²) < 4.78 is 26.5. The molecule has 0 saturated carbocycles. The number of nitrogens with zero attached hydrogens (tertiary/aromatic N) is 3. The van der Waals surface area contributed by atoms with Gasteiger partial charge in [-0.2, -0.15) is 15.4 Å². The van der Waals surface area contributed by atoms with Crippen LogP contribution in [0.4, 0.5) is 0 Å². The monoisotopic (exact) mass is 415 g/mol. The molecule has 3 fully saturated rings. The van der Waals surface area contributed by atoms with E-state index < -0.39 is 9.84 Å². The number of H-pyrrole nitrogens is 1.